The van der Waals surface area contributed by atoms with Crippen molar-refractivity contribution in [3.8, 4) is 11.4 Å². The number of aromatic nitrogens is 2. The Bertz CT molecular complexity index is 762. The lowest BCUT2D eigenvalue weighted by Gasteiger charge is -2.08. The zero-order chi connectivity index (χ0) is 14.1. The number of nitrogens with two attached hydrogens (primary N) is 1. The van der Waals surface area contributed by atoms with Crippen LogP contribution in [-0.2, 0) is 6.54 Å². The molecule has 0 aliphatic rings. The van der Waals surface area contributed by atoms with Crippen molar-refractivity contribution in [2.45, 2.75) is 19.9 Å². The summed E-state index contributed by atoms with van der Waals surface area (Å²) in [6, 6.07) is 12.3. The highest BCUT2D eigenvalue weighted by atomic mass is 19.1. The Hall–Kier alpha value is -2.36. The Morgan fingerprint density at radius 1 is 1.20 bits per heavy atom. The molecule has 2 aromatic carbocycles. The third-order valence-electron chi connectivity index (χ3n) is 3.30. The second-order valence-electron chi connectivity index (χ2n) is 4.85. The molecule has 0 aliphatic heterocycles. The Labute approximate surface area is 116 Å². The average molecular weight is 269 g/mol. The summed E-state index contributed by atoms with van der Waals surface area (Å²) >= 11 is 0. The van der Waals surface area contributed by atoms with Gasteiger partial charge in [0.15, 0.2) is 0 Å². The molecule has 20 heavy (non-hydrogen) atoms. The van der Waals surface area contributed by atoms with Crippen molar-refractivity contribution < 1.29 is 4.39 Å². The number of anilines is 1. The SMILES string of the molecule is CCCn1c(-c2cccc(N)c2)nc2ccc(F)cc21. The lowest BCUT2D eigenvalue weighted by Crippen LogP contribution is -2.00. The fourth-order valence-electron chi connectivity index (χ4n) is 2.44. The second-order valence-corrected chi connectivity index (χ2v) is 4.85. The topological polar surface area (TPSA) is 43.8 Å². The third-order valence-corrected chi connectivity index (χ3v) is 3.30. The maximum atomic E-state index is 13.5. The monoisotopic (exact) mass is 269 g/mol. The van der Waals surface area contributed by atoms with Crippen LogP contribution in [0.3, 0.4) is 0 Å². The number of hydrogen-bond acceptors (Lipinski definition) is 2. The molecule has 0 amide bonds. The second kappa shape index (κ2) is 4.96. The summed E-state index contributed by atoms with van der Waals surface area (Å²) in [6.45, 7) is 2.89. The largest absolute Gasteiger partial charge is 0.399 e. The van der Waals surface area contributed by atoms with Crippen LogP contribution < -0.4 is 5.73 Å². The van der Waals surface area contributed by atoms with Gasteiger partial charge in [0.2, 0.25) is 0 Å². The summed E-state index contributed by atoms with van der Waals surface area (Å²) in [7, 11) is 0. The highest BCUT2D eigenvalue weighted by Crippen LogP contribution is 2.26. The van der Waals surface area contributed by atoms with E-state index in [0.29, 0.717) is 5.69 Å². The summed E-state index contributed by atoms with van der Waals surface area (Å²) in [4.78, 5) is 4.62. The number of nitrogen functional groups attached to an aromatic ring is 1. The molecule has 102 valence electrons. The molecule has 0 spiro atoms. The molecule has 4 heteroatoms. The average Bonchev–Trinajstić information content (AvgIpc) is 2.78. The molecule has 0 aliphatic carbocycles. The summed E-state index contributed by atoms with van der Waals surface area (Å²) in [5.41, 5.74) is 9.12. The number of fused-ring (bicyclic) bond motifs is 1. The number of rotatable bonds is 3. The van der Waals surface area contributed by atoms with Gasteiger partial charge in [0, 0.05) is 17.8 Å². The molecule has 1 heterocycles. The van der Waals surface area contributed by atoms with E-state index in [-0.39, 0.29) is 5.82 Å². The molecular formula is C16H16FN3. The van der Waals surface area contributed by atoms with Crippen molar-refractivity contribution in [3.05, 3.63) is 48.3 Å². The first-order chi connectivity index (χ1) is 9.69. The van der Waals surface area contributed by atoms with Crippen LogP contribution >= 0.6 is 0 Å². The zero-order valence-corrected chi connectivity index (χ0v) is 11.3. The molecule has 3 rings (SSSR count). The Kier molecular flexibility index (Phi) is 3.14. The van der Waals surface area contributed by atoms with E-state index in [1.165, 1.54) is 12.1 Å². The van der Waals surface area contributed by atoms with Crippen molar-refractivity contribution >= 4 is 16.7 Å². The number of halogens is 1. The summed E-state index contributed by atoms with van der Waals surface area (Å²) < 4.78 is 15.5. The minimum Gasteiger partial charge on any atom is -0.399 e. The predicted molar refractivity (Wildman–Crippen MR) is 79.8 cm³/mol. The van der Waals surface area contributed by atoms with E-state index in [0.717, 1.165) is 35.4 Å². The van der Waals surface area contributed by atoms with Gasteiger partial charge in [-0.1, -0.05) is 19.1 Å². The van der Waals surface area contributed by atoms with Crippen molar-refractivity contribution in [1.82, 2.24) is 9.55 Å². The quantitative estimate of drug-likeness (QED) is 0.734. The van der Waals surface area contributed by atoms with Gasteiger partial charge in [-0.3, -0.25) is 0 Å². The van der Waals surface area contributed by atoms with Gasteiger partial charge in [-0.2, -0.15) is 0 Å². The van der Waals surface area contributed by atoms with Crippen LogP contribution in [0.1, 0.15) is 13.3 Å². The molecule has 0 bridgehead atoms. The Balaban J connectivity index is 2.26. The van der Waals surface area contributed by atoms with Crippen LogP contribution in [0.25, 0.3) is 22.4 Å². The van der Waals surface area contributed by atoms with Crippen molar-refractivity contribution in [1.29, 1.82) is 0 Å². The molecular weight excluding hydrogens is 253 g/mol. The molecule has 0 unspecified atom stereocenters. The van der Waals surface area contributed by atoms with Crippen LogP contribution in [-0.4, -0.2) is 9.55 Å². The molecule has 1 aromatic heterocycles. The first-order valence-corrected chi connectivity index (χ1v) is 6.70. The molecule has 3 nitrogen and oxygen atoms in total. The van der Waals surface area contributed by atoms with Gasteiger partial charge >= 0.3 is 0 Å². The maximum absolute atomic E-state index is 13.5. The lowest BCUT2D eigenvalue weighted by atomic mass is 10.2. The number of nitrogens with zero attached hydrogens (tertiary/aromatic N) is 2. The van der Waals surface area contributed by atoms with E-state index in [4.69, 9.17) is 5.73 Å². The van der Waals surface area contributed by atoms with Crippen molar-refractivity contribution in [2.24, 2.45) is 0 Å². The molecule has 0 radical (unpaired) electrons. The summed E-state index contributed by atoms with van der Waals surface area (Å²) in [5.74, 6) is 0.591. The van der Waals surface area contributed by atoms with Gasteiger partial charge in [0.1, 0.15) is 11.6 Å². The Morgan fingerprint density at radius 3 is 2.80 bits per heavy atom. The zero-order valence-electron chi connectivity index (χ0n) is 11.3. The summed E-state index contributed by atoms with van der Waals surface area (Å²) in [6.07, 6.45) is 0.956. The first kappa shape index (κ1) is 12.7. The molecule has 2 N–H and O–H groups in total. The van der Waals surface area contributed by atoms with E-state index < -0.39 is 0 Å². The van der Waals surface area contributed by atoms with Crippen LogP contribution in [0.5, 0.6) is 0 Å². The van der Waals surface area contributed by atoms with Gasteiger partial charge in [-0.25, -0.2) is 9.37 Å². The van der Waals surface area contributed by atoms with E-state index in [1.807, 2.05) is 28.8 Å². The van der Waals surface area contributed by atoms with Crippen molar-refractivity contribution in [3.63, 3.8) is 0 Å². The molecule has 0 saturated heterocycles. The standard InChI is InChI=1S/C16H16FN3/c1-2-8-20-15-10-12(17)6-7-14(15)19-16(20)11-4-3-5-13(18)9-11/h3-7,9-10H,2,8,18H2,1H3. The number of benzene rings is 2. The van der Waals surface area contributed by atoms with E-state index in [1.54, 1.807) is 6.07 Å². The third kappa shape index (κ3) is 2.13. The normalized spacial score (nSPS) is 11.1. The number of imidazole rings is 1. The highest BCUT2D eigenvalue weighted by Gasteiger charge is 2.12. The van der Waals surface area contributed by atoms with Gasteiger partial charge in [0.25, 0.3) is 0 Å². The molecule has 0 atom stereocenters. The predicted octanol–water partition coefficient (Wildman–Crippen LogP) is 3.83. The fourth-order valence-corrected chi connectivity index (χ4v) is 2.44. The van der Waals surface area contributed by atoms with E-state index in [9.17, 15) is 4.39 Å². The fraction of sp³-hybridized carbons (Fsp3) is 0.188. The smallest absolute Gasteiger partial charge is 0.141 e. The number of aryl methyl sites for hydroxylation is 1. The molecule has 0 saturated carbocycles. The minimum absolute atomic E-state index is 0.242. The van der Waals surface area contributed by atoms with Crippen LogP contribution in [0.2, 0.25) is 0 Å². The van der Waals surface area contributed by atoms with Crippen LogP contribution in [0, 0.1) is 5.82 Å². The van der Waals surface area contributed by atoms with Crippen LogP contribution in [0.15, 0.2) is 42.5 Å². The highest BCUT2D eigenvalue weighted by molar-refractivity contribution is 5.81. The minimum atomic E-state index is -0.242. The lowest BCUT2D eigenvalue weighted by molar-refractivity contribution is 0.627. The molecule has 3 aromatic rings. The van der Waals surface area contributed by atoms with Crippen molar-refractivity contribution in [2.75, 3.05) is 5.73 Å². The van der Waals surface area contributed by atoms with Gasteiger partial charge in [0.05, 0.1) is 11.0 Å². The Morgan fingerprint density at radius 2 is 2.05 bits per heavy atom. The maximum Gasteiger partial charge on any atom is 0.141 e. The van der Waals surface area contributed by atoms with Gasteiger partial charge < -0.3 is 10.3 Å². The van der Waals surface area contributed by atoms with Gasteiger partial charge in [-0.15, -0.1) is 0 Å². The molecule has 0 fully saturated rings. The van der Waals surface area contributed by atoms with E-state index >= 15 is 0 Å². The van der Waals surface area contributed by atoms with Crippen LogP contribution in [0.4, 0.5) is 10.1 Å². The first-order valence-electron chi connectivity index (χ1n) is 6.70. The van der Waals surface area contributed by atoms with E-state index in [2.05, 4.69) is 11.9 Å². The number of hydrogen-bond donors (Lipinski definition) is 1. The van der Waals surface area contributed by atoms with Gasteiger partial charge in [-0.05, 0) is 36.8 Å². The summed E-state index contributed by atoms with van der Waals surface area (Å²) in [5, 5.41) is 0.